The maximum absolute atomic E-state index is 12.2. The SMILES string of the molecule is CCN(CC)C(=O)c1ccc(Nc2ncc(N)c(=O)[nH]2)cc1. The quantitative estimate of drug-likeness (QED) is 0.777. The van der Waals surface area contributed by atoms with Crippen LogP contribution in [0.2, 0.25) is 0 Å². The van der Waals surface area contributed by atoms with Crippen molar-refractivity contribution in [2.24, 2.45) is 0 Å². The topological polar surface area (TPSA) is 104 Å². The highest BCUT2D eigenvalue weighted by molar-refractivity contribution is 5.94. The van der Waals surface area contributed by atoms with Crippen LogP contribution in [0.1, 0.15) is 24.2 Å². The number of benzene rings is 1. The number of amides is 1. The van der Waals surface area contributed by atoms with E-state index in [0.717, 1.165) is 0 Å². The number of nitrogens with zero attached hydrogens (tertiary/aromatic N) is 2. The molecule has 0 fully saturated rings. The van der Waals surface area contributed by atoms with Gasteiger partial charge in [0, 0.05) is 24.3 Å². The van der Waals surface area contributed by atoms with E-state index in [0.29, 0.717) is 30.3 Å². The van der Waals surface area contributed by atoms with E-state index in [1.54, 1.807) is 29.2 Å². The van der Waals surface area contributed by atoms with Crippen molar-refractivity contribution in [3.8, 4) is 0 Å². The number of anilines is 3. The van der Waals surface area contributed by atoms with Crippen molar-refractivity contribution < 1.29 is 4.79 Å². The van der Waals surface area contributed by atoms with Crippen LogP contribution in [0.5, 0.6) is 0 Å². The first kappa shape index (κ1) is 15.6. The molecule has 1 aromatic carbocycles. The van der Waals surface area contributed by atoms with Crippen molar-refractivity contribution in [3.05, 3.63) is 46.4 Å². The molecule has 7 heteroatoms. The van der Waals surface area contributed by atoms with Crippen LogP contribution in [0.15, 0.2) is 35.3 Å². The van der Waals surface area contributed by atoms with Gasteiger partial charge in [0.2, 0.25) is 5.95 Å². The molecule has 1 heterocycles. The number of H-pyrrole nitrogens is 1. The lowest BCUT2D eigenvalue weighted by Crippen LogP contribution is -2.30. The van der Waals surface area contributed by atoms with Crippen molar-refractivity contribution in [3.63, 3.8) is 0 Å². The van der Waals surface area contributed by atoms with Gasteiger partial charge in [0.15, 0.2) is 0 Å². The second-order valence-electron chi connectivity index (χ2n) is 4.70. The molecule has 0 unspecified atom stereocenters. The molecule has 4 N–H and O–H groups in total. The van der Waals surface area contributed by atoms with Crippen molar-refractivity contribution in [1.29, 1.82) is 0 Å². The summed E-state index contributed by atoms with van der Waals surface area (Å²) in [6.07, 6.45) is 1.29. The Balaban J connectivity index is 2.13. The van der Waals surface area contributed by atoms with E-state index in [1.807, 2.05) is 13.8 Å². The van der Waals surface area contributed by atoms with Crippen LogP contribution in [0.3, 0.4) is 0 Å². The Hall–Kier alpha value is -2.83. The van der Waals surface area contributed by atoms with E-state index >= 15 is 0 Å². The molecule has 2 aromatic rings. The van der Waals surface area contributed by atoms with Crippen LogP contribution in [-0.4, -0.2) is 33.9 Å². The minimum absolute atomic E-state index is 0.00410. The first-order chi connectivity index (χ1) is 10.5. The monoisotopic (exact) mass is 301 g/mol. The number of aromatic nitrogens is 2. The van der Waals surface area contributed by atoms with Gasteiger partial charge in [-0.1, -0.05) is 0 Å². The van der Waals surface area contributed by atoms with E-state index in [-0.39, 0.29) is 11.6 Å². The predicted octanol–water partition coefficient (Wildman–Crippen LogP) is 1.58. The average molecular weight is 301 g/mol. The Bertz CT molecular complexity index is 705. The molecule has 1 amide bonds. The summed E-state index contributed by atoms with van der Waals surface area (Å²) in [6, 6.07) is 6.98. The van der Waals surface area contributed by atoms with Gasteiger partial charge in [0.1, 0.15) is 5.69 Å². The van der Waals surface area contributed by atoms with Crippen LogP contribution >= 0.6 is 0 Å². The summed E-state index contributed by atoms with van der Waals surface area (Å²) < 4.78 is 0. The van der Waals surface area contributed by atoms with Crippen LogP contribution in [-0.2, 0) is 0 Å². The highest BCUT2D eigenvalue weighted by Gasteiger charge is 2.11. The Morgan fingerprint density at radius 1 is 1.27 bits per heavy atom. The van der Waals surface area contributed by atoms with Crippen molar-refractivity contribution >= 4 is 23.2 Å². The van der Waals surface area contributed by atoms with Gasteiger partial charge in [0.05, 0.1) is 6.20 Å². The summed E-state index contributed by atoms with van der Waals surface area (Å²) in [4.78, 5) is 31.8. The Labute approximate surface area is 128 Å². The van der Waals surface area contributed by atoms with Gasteiger partial charge >= 0.3 is 0 Å². The largest absolute Gasteiger partial charge is 0.393 e. The third kappa shape index (κ3) is 3.43. The van der Waals surface area contributed by atoms with E-state index in [4.69, 9.17) is 5.73 Å². The zero-order chi connectivity index (χ0) is 16.1. The fraction of sp³-hybridized carbons (Fsp3) is 0.267. The molecular weight excluding hydrogens is 282 g/mol. The molecular formula is C15H19N5O2. The standard InChI is InChI=1S/C15H19N5O2/c1-3-20(4-2)14(22)10-5-7-11(8-6-10)18-15-17-9-12(16)13(21)19-15/h5-9H,3-4,16H2,1-2H3,(H2,17,18,19,21). The molecule has 0 bridgehead atoms. The van der Waals surface area contributed by atoms with Gasteiger partial charge in [-0.2, -0.15) is 0 Å². The van der Waals surface area contributed by atoms with Crippen LogP contribution in [0.4, 0.5) is 17.3 Å². The third-order valence-corrected chi connectivity index (χ3v) is 3.27. The fourth-order valence-electron chi connectivity index (χ4n) is 1.99. The van der Waals surface area contributed by atoms with Gasteiger partial charge < -0.3 is 16.0 Å². The molecule has 0 radical (unpaired) electrons. The summed E-state index contributed by atoms with van der Waals surface area (Å²) in [5.74, 6) is 0.289. The highest BCUT2D eigenvalue weighted by Crippen LogP contribution is 2.14. The number of aromatic amines is 1. The van der Waals surface area contributed by atoms with E-state index < -0.39 is 5.56 Å². The Morgan fingerprint density at radius 3 is 2.45 bits per heavy atom. The summed E-state index contributed by atoms with van der Waals surface area (Å²) >= 11 is 0. The molecule has 1 aromatic heterocycles. The lowest BCUT2D eigenvalue weighted by Gasteiger charge is -2.18. The number of hydrogen-bond acceptors (Lipinski definition) is 5. The summed E-state index contributed by atoms with van der Waals surface area (Å²) in [5, 5.41) is 2.95. The van der Waals surface area contributed by atoms with Crippen LogP contribution in [0.25, 0.3) is 0 Å². The molecule has 7 nitrogen and oxygen atoms in total. The Kier molecular flexibility index (Phi) is 4.77. The number of carbonyl (C=O) groups excluding carboxylic acids is 1. The van der Waals surface area contributed by atoms with Crippen molar-refractivity contribution in [1.82, 2.24) is 14.9 Å². The Morgan fingerprint density at radius 2 is 1.91 bits per heavy atom. The number of hydrogen-bond donors (Lipinski definition) is 3. The molecule has 116 valence electrons. The molecule has 0 aliphatic rings. The molecule has 2 rings (SSSR count). The number of nitrogens with one attached hydrogen (secondary N) is 2. The highest BCUT2D eigenvalue weighted by atomic mass is 16.2. The number of rotatable bonds is 5. The predicted molar refractivity (Wildman–Crippen MR) is 86.2 cm³/mol. The van der Waals surface area contributed by atoms with Crippen LogP contribution in [0, 0.1) is 0 Å². The van der Waals surface area contributed by atoms with Gasteiger partial charge in [-0.3, -0.25) is 14.6 Å². The summed E-state index contributed by atoms with van der Waals surface area (Å²) in [6.45, 7) is 5.23. The second kappa shape index (κ2) is 6.75. The van der Waals surface area contributed by atoms with Crippen molar-refractivity contribution in [2.75, 3.05) is 24.1 Å². The second-order valence-corrected chi connectivity index (χ2v) is 4.70. The maximum atomic E-state index is 12.2. The number of carbonyl (C=O) groups is 1. The maximum Gasteiger partial charge on any atom is 0.275 e. The molecule has 0 aliphatic carbocycles. The average Bonchev–Trinajstić information content (AvgIpc) is 2.53. The molecule has 0 spiro atoms. The molecule has 0 saturated heterocycles. The zero-order valence-electron chi connectivity index (χ0n) is 12.6. The van der Waals surface area contributed by atoms with Crippen molar-refractivity contribution in [2.45, 2.75) is 13.8 Å². The zero-order valence-corrected chi connectivity index (χ0v) is 12.6. The molecule has 0 aliphatic heterocycles. The summed E-state index contributed by atoms with van der Waals surface area (Å²) in [7, 11) is 0. The van der Waals surface area contributed by atoms with Crippen LogP contribution < -0.4 is 16.6 Å². The third-order valence-electron chi connectivity index (χ3n) is 3.27. The molecule has 0 atom stereocenters. The smallest absolute Gasteiger partial charge is 0.275 e. The fourth-order valence-corrected chi connectivity index (χ4v) is 1.99. The normalized spacial score (nSPS) is 10.3. The van der Waals surface area contributed by atoms with E-state index in [9.17, 15) is 9.59 Å². The lowest BCUT2D eigenvalue weighted by atomic mass is 10.2. The minimum Gasteiger partial charge on any atom is -0.393 e. The number of nitrogen functional groups attached to an aromatic ring is 1. The molecule has 0 saturated carbocycles. The first-order valence-corrected chi connectivity index (χ1v) is 7.06. The number of nitrogens with two attached hydrogens (primary N) is 1. The minimum atomic E-state index is -0.397. The van der Waals surface area contributed by atoms with E-state index in [1.165, 1.54) is 6.20 Å². The van der Waals surface area contributed by atoms with Gasteiger partial charge in [0.25, 0.3) is 11.5 Å². The molecule has 22 heavy (non-hydrogen) atoms. The van der Waals surface area contributed by atoms with Gasteiger partial charge in [-0.15, -0.1) is 0 Å². The van der Waals surface area contributed by atoms with Gasteiger partial charge in [-0.25, -0.2) is 4.98 Å². The van der Waals surface area contributed by atoms with Gasteiger partial charge in [-0.05, 0) is 38.1 Å². The van der Waals surface area contributed by atoms with E-state index in [2.05, 4.69) is 15.3 Å². The summed E-state index contributed by atoms with van der Waals surface area (Å²) in [5.41, 5.74) is 6.41. The first-order valence-electron chi connectivity index (χ1n) is 7.06. The lowest BCUT2D eigenvalue weighted by molar-refractivity contribution is 0.0773.